The van der Waals surface area contributed by atoms with Crippen molar-refractivity contribution in [2.75, 3.05) is 25.6 Å². The van der Waals surface area contributed by atoms with Crippen LogP contribution < -0.4 is 0 Å². The first-order valence-electron chi connectivity index (χ1n) is 7.14. The van der Waals surface area contributed by atoms with Crippen molar-refractivity contribution in [2.45, 2.75) is 46.1 Å². The maximum absolute atomic E-state index is 12.1. The van der Waals surface area contributed by atoms with Gasteiger partial charge in [0.1, 0.15) is 0 Å². The van der Waals surface area contributed by atoms with Gasteiger partial charge in [-0.1, -0.05) is 0 Å². The molecule has 6 heteroatoms. The number of carbonyl (C=O) groups is 2. The number of halogens is 1. The molecular formula is C14H24ClNO4. The minimum Gasteiger partial charge on any atom is -0.466 e. The topological polar surface area (TPSA) is 55.8 Å². The van der Waals surface area contributed by atoms with E-state index in [1.54, 1.807) is 11.8 Å². The molecule has 0 radical (unpaired) electrons. The van der Waals surface area contributed by atoms with Crippen molar-refractivity contribution < 1.29 is 19.1 Å². The van der Waals surface area contributed by atoms with Crippen molar-refractivity contribution >= 4 is 23.7 Å². The summed E-state index contributed by atoms with van der Waals surface area (Å²) in [5.41, 5.74) is -0.549. The van der Waals surface area contributed by atoms with E-state index in [0.29, 0.717) is 44.8 Å². The summed E-state index contributed by atoms with van der Waals surface area (Å²) >= 11 is 5.82. The van der Waals surface area contributed by atoms with Crippen molar-refractivity contribution in [3.63, 3.8) is 0 Å². The Morgan fingerprint density at radius 1 is 1.30 bits per heavy atom. The lowest BCUT2D eigenvalue weighted by Gasteiger charge is -2.39. The van der Waals surface area contributed by atoms with E-state index >= 15 is 0 Å². The summed E-state index contributed by atoms with van der Waals surface area (Å²) in [4.78, 5) is 25.6. The van der Waals surface area contributed by atoms with E-state index in [4.69, 9.17) is 21.1 Å². The fourth-order valence-electron chi connectivity index (χ4n) is 2.41. The molecule has 5 nitrogen and oxygen atoms in total. The van der Waals surface area contributed by atoms with Crippen molar-refractivity contribution in [3.05, 3.63) is 0 Å². The Bertz CT molecular complexity index is 338. The van der Waals surface area contributed by atoms with Crippen LogP contribution in [0, 0.1) is 5.41 Å². The minimum atomic E-state index is -0.549. The molecule has 0 saturated carbocycles. The predicted molar refractivity (Wildman–Crippen MR) is 76.8 cm³/mol. The van der Waals surface area contributed by atoms with Crippen molar-refractivity contribution in [1.29, 1.82) is 0 Å². The second-order valence-electron chi connectivity index (χ2n) is 5.36. The summed E-state index contributed by atoms with van der Waals surface area (Å²) in [6, 6.07) is 0. The van der Waals surface area contributed by atoms with Gasteiger partial charge in [-0.2, -0.15) is 0 Å². The number of hydrogen-bond donors (Lipinski definition) is 0. The van der Waals surface area contributed by atoms with Gasteiger partial charge in [0.05, 0.1) is 18.1 Å². The molecule has 1 amide bonds. The van der Waals surface area contributed by atoms with Gasteiger partial charge in [-0.25, -0.2) is 4.79 Å². The summed E-state index contributed by atoms with van der Waals surface area (Å²) in [6.07, 6.45) is 1.28. The maximum atomic E-state index is 12.1. The molecular weight excluding hydrogens is 282 g/mol. The lowest BCUT2D eigenvalue weighted by molar-refractivity contribution is -0.158. The van der Waals surface area contributed by atoms with Crippen LogP contribution in [0.5, 0.6) is 0 Å². The third-order valence-corrected chi connectivity index (χ3v) is 3.79. The molecule has 0 aromatic heterocycles. The van der Waals surface area contributed by atoms with Crippen molar-refractivity contribution in [2.24, 2.45) is 5.41 Å². The largest absolute Gasteiger partial charge is 0.466 e. The van der Waals surface area contributed by atoms with E-state index in [2.05, 4.69) is 0 Å². The van der Waals surface area contributed by atoms with E-state index in [0.717, 1.165) is 0 Å². The second kappa shape index (κ2) is 7.72. The molecule has 0 spiro atoms. The van der Waals surface area contributed by atoms with Gasteiger partial charge in [-0.3, -0.25) is 4.79 Å². The van der Waals surface area contributed by atoms with Gasteiger partial charge < -0.3 is 14.4 Å². The number of rotatable bonds is 5. The normalized spacial score (nSPS) is 17.9. The van der Waals surface area contributed by atoms with Crippen molar-refractivity contribution in [3.8, 4) is 0 Å². The number of amides is 1. The van der Waals surface area contributed by atoms with Gasteiger partial charge >= 0.3 is 12.1 Å². The third kappa shape index (κ3) is 4.27. The number of hydrogen-bond acceptors (Lipinski definition) is 4. The molecule has 20 heavy (non-hydrogen) atoms. The van der Waals surface area contributed by atoms with E-state index < -0.39 is 5.41 Å². The molecule has 1 aliphatic heterocycles. The molecule has 1 saturated heterocycles. The zero-order valence-electron chi connectivity index (χ0n) is 12.5. The van der Waals surface area contributed by atoms with E-state index in [1.165, 1.54) is 0 Å². The van der Waals surface area contributed by atoms with Gasteiger partial charge in [0, 0.05) is 19.0 Å². The van der Waals surface area contributed by atoms with E-state index in [1.807, 2.05) is 13.8 Å². The van der Waals surface area contributed by atoms with E-state index in [-0.39, 0.29) is 18.2 Å². The van der Waals surface area contributed by atoms with Crippen LogP contribution >= 0.6 is 11.6 Å². The van der Waals surface area contributed by atoms with Gasteiger partial charge in [-0.05, 0) is 40.0 Å². The first-order chi connectivity index (χ1) is 9.45. The number of alkyl halides is 1. The van der Waals surface area contributed by atoms with Crippen LogP contribution in [0.2, 0.25) is 0 Å². The van der Waals surface area contributed by atoms with Crippen LogP contribution in [0.4, 0.5) is 4.79 Å². The standard InChI is InChI=1S/C14H24ClNO4/c1-4-19-12(17)14(5-8-15)6-9-16(10-7-14)13(18)20-11(2)3/h11H,4-10H2,1-3H3. The summed E-state index contributed by atoms with van der Waals surface area (Å²) in [5.74, 6) is 0.215. The maximum Gasteiger partial charge on any atom is 0.410 e. The second-order valence-corrected chi connectivity index (χ2v) is 5.74. The molecule has 0 aliphatic carbocycles. The minimum absolute atomic E-state index is 0.137. The summed E-state index contributed by atoms with van der Waals surface area (Å²) in [5, 5.41) is 0. The Kier molecular flexibility index (Phi) is 6.59. The van der Waals surface area contributed by atoms with Gasteiger partial charge in [0.25, 0.3) is 0 Å². The number of esters is 1. The smallest absolute Gasteiger partial charge is 0.410 e. The Labute approximate surface area is 125 Å². The highest BCUT2D eigenvalue weighted by Crippen LogP contribution is 2.37. The summed E-state index contributed by atoms with van der Waals surface area (Å²) in [6.45, 7) is 6.79. The number of likely N-dealkylation sites (tertiary alicyclic amines) is 1. The van der Waals surface area contributed by atoms with Crippen LogP contribution in [-0.2, 0) is 14.3 Å². The van der Waals surface area contributed by atoms with Gasteiger partial charge in [0.2, 0.25) is 0 Å². The Morgan fingerprint density at radius 3 is 2.35 bits per heavy atom. The Morgan fingerprint density at radius 2 is 1.90 bits per heavy atom. The average Bonchev–Trinajstić information content (AvgIpc) is 2.39. The molecule has 1 rings (SSSR count). The van der Waals surface area contributed by atoms with Crippen LogP contribution in [-0.4, -0.2) is 48.6 Å². The SMILES string of the molecule is CCOC(=O)C1(CCCl)CCN(C(=O)OC(C)C)CC1. The third-order valence-electron chi connectivity index (χ3n) is 3.60. The molecule has 1 heterocycles. The molecule has 116 valence electrons. The lowest BCUT2D eigenvalue weighted by Crippen LogP contribution is -2.47. The van der Waals surface area contributed by atoms with Gasteiger partial charge in [0.15, 0.2) is 0 Å². The number of piperidine rings is 1. The monoisotopic (exact) mass is 305 g/mol. The summed E-state index contributed by atoms with van der Waals surface area (Å²) < 4.78 is 10.3. The van der Waals surface area contributed by atoms with Crippen LogP contribution in [0.15, 0.2) is 0 Å². The zero-order valence-corrected chi connectivity index (χ0v) is 13.2. The fraction of sp³-hybridized carbons (Fsp3) is 0.857. The number of nitrogens with zero attached hydrogens (tertiary/aromatic N) is 1. The fourth-order valence-corrected chi connectivity index (χ4v) is 2.78. The Hall–Kier alpha value is -0.970. The highest BCUT2D eigenvalue weighted by atomic mass is 35.5. The zero-order chi connectivity index (χ0) is 15.2. The molecule has 0 atom stereocenters. The molecule has 0 aromatic carbocycles. The average molecular weight is 306 g/mol. The van der Waals surface area contributed by atoms with Crippen LogP contribution in [0.25, 0.3) is 0 Å². The summed E-state index contributed by atoms with van der Waals surface area (Å²) in [7, 11) is 0. The molecule has 0 N–H and O–H groups in total. The molecule has 0 bridgehead atoms. The predicted octanol–water partition coefficient (Wildman–Crippen LogP) is 2.81. The molecule has 1 fully saturated rings. The highest BCUT2D eigenvalue weighted by Gasteiger charge is 2.43. The molecule has 1 aliphatic rings. The van der Waals surface area contributed by atoms with Crippen molar-refractivity contribution in [1.82, 2.24) is 4.90 Å². The highest BCUT2D eigenvalue weighted by molar-refractivity contribution is 6.18. The van der Waals surface area contributed by atoms with Crippen LogP contribution in [0.1, 0.15) is 40.0 Å². The Balaban J connectivity index is 2.64. The van der Waals surface area contributed by atoms with Crippen LogP contribution in [0.3, 0.4) is 0 Å². The quantitative estimate of drug-likeness (QED) is 0.579. The molecule has 0 aromatic rings. The number of carbonyl (C=O) groups excluding carboxylic acids is 2. The molecule has 0 unspecified atom stereocenters. The number of ether oxygens (including phenoxy) is 2. The lowest BCUT2D eigenvalue weighted by atomic mass is 9.76. The van der Waals surface area contributed by atoms with E-state index in [9.17, 15) is 9.59 Å². The first-order valence-corrected chi connectivity index (χ1v) is 7.67. The first kappa shape index (κ1) is 17.1. The van der Waals surface area contributed by atoms with Gasteiger partial charge in [-0.15, -0.1) is 11.6 Å².